The predicted octanol–water partition coefficient (Wildman–Crippen LogP) is 3.97. The molecule has 0 aliphatic carbocycles. The number of nitrogens with zero attached hydrogens (tertiary/aromatic N) is 10. The number of benzene rings is 3. The Morgan fingerprint density at radius 3 is 1.61 bits per heavy atom. The standard InChI is InChI=1S/C24H26N8O3.C16H18N8O2/c1-25-24(33)22-19(12-21(29-30-22)26-13-15-8-10-16(34-3)11-9-15)28-18-7-5-6-17(23(18)35-4)20-14-27-32(2)31-20;1-18-16(25)14-11(7-13(17)21-22-14)20-10-6-4-5-9(15(10)26-3)12-8-19-24(2)23-12/h5-12,14H,13H2,1-4H3,(H,25,33)(H2,26,28,29);4-8H,1-3H3,(H,18,25)(H3,17,20,21). The molecule has 0 radical (unpaired) electrons. The number of aromatic nitrogens is 10. The highest BCUT2D eigenvalue weighted by atomic mass is 16.5. The summed E-state index contributed by atoms with van der Waals surface area (Å²) in [5.41, 5.74) is 12.0. The maximum atomic E-state index is 12.5. The van der Waals surface area contributed by atoms with Crippen LogP contribution in [0.2, 0.25) is 0 Å². The number of aryl methyl sites for hydroxylation is 2. The molecule has 314 valence electrons. The number of rotatable bonds is 14. The van der Waals surface area contributed by atoms with Crippen molar-refractivity contribution in [3.05, 3.63) is 102 Å². The number of anilines is 6. The molecule has 0 saturated heterocycles. The molecule has 0 saturated carbocycles. The second-order valence-electron chi connectivity index (χ2n) is 12.8. The van der Waals surface area contributed by atoms with Crippen LogP contribution in [0.25, 0.3) is 22.5 Å². The Morgan fingerprint density at radius 1 is 0.639 bits per heavy atom. The van der Waals surface area contributed by atoms with Crippen LogP contribution < -0.4 is 46.5 Å². The van der Waals surface area contributed by atoms with E-state index in [1.54, 1.807) is 60.9 Å². The van der Waals surface area contributed by atoms with Gasteiger partial charge in [-0.3, -0.25) is 9.59 Å². The summed E-state index contributed by atoms with van der Waals surface area (Å²) in [7, 11) is 11.3. The van der Waals surface area contributed by atoms with E-state index >= 15 is 0 Å². The summed E-state index contributed by atoms with van der Waals surface area (Å²) in [6, 6.07) is 22.1. The van der Waals surface area contributed by atoms with Crippen LogP contribution in [0.5, 0.6) is 17.2 Å². The molecule has 0 unspecified atom stereocenters. The molecule has 7 aromatic rings. The van der Waals surface area contributed by atoms with E-state index in [0.717, 1.165) is 22.4 Å². The number of carbonyl (C=O) groups excluding carboxylic acids is 2. The van der Waals surface area contributed by atoms with E-state index in [2.05, 4.69) is 67.4 Å². The van der Waals surface area contributed by atoms with Crippen molar-refractivity contribution in [2.24, 2.45) is 14.1 Å². The summed E-state index contributed by atoms with van der Waals surface area (Å²) in [6.45, 7) is 0.517. The topological polar surface area (TPSA) is 261 Å². The maximum absolute atomic E-state index is 12.5. The summed E-state index contributed by atoms with van der Waals surface area (Å²) in [5.74, 6) is 1.82. The fourth-order valence-corrected chi connectivity index (χ4v) is 5.93. The number of nitrogens with two attached hydrogens (primary N) is 1. The minimum atomic E-state index is -0.385. The summed E-state index contributed by atoms with van der Waals surface area (Å²) >= 11 is 0. The fourth-order valence-electron chi connectivity index (χ4n) is 5.93. The van der Waals surface area contributed by atoms with Crippen molar-refractivity contribution in [1.29, 1.82) is 0 Å². The van der Waals surface area contributed by atoms with Crippen molar-refractivity contribution in [3.63, 3.8) is 0 Å². The van der Waals surface area contributed by atoms with Crippen molar-refractivity contribution in [1.82, 2.24) is 61.0 Å². The van der Waals surface area contributed by atoms with Gasteiger partial charge in [-0.1, -0.05) is 24.3 Å². The molecule has 0 bridgehead atoms. The number of carbonyl (C=O) groups is 2. The number of para-hydroxylation sites is 2. The molecule has 0 aliphatic rings. The van der Waals surface area contributed by atoms with Crippen LogP contribution in [-0.4, -0.2) is 97.6 Å². The van der Waals surface area contributed by atoms with Crippen molar-refractivity contribution in [2.75, 3.05) is 57.1 Å². The van der Waals surface area contributed by atoms with Gasteiger partial charge in [0.2, 0.25) is 0 Å². The first-order valence-electron chi connectivity index (χ1n) is 18.5. The number of nitrogens with one attached hydrogen (secondary N) is 5. The first kappa shape index (κ1) is 42.3. The van der Waals surface area contributed by atoms with Crippen LogP contribution in [0.3, 0.4) is 0 Å². The van der Waals surface area contributed by atoms with Gasteiger partial charge in [-0.15, -0.1) is 20.4 Å². The molecule has 7 N–H and O–H groups in total. The smallest absolute Gasteiger partial charge is 0.273 e. The second kappa shape index (κ2) is 19.4. The third-order valence-electron chi connectivity index (χ3n) is 8.85. The lowest BCUT2D eigenvalue weighted by atomic mass is 10.1. The van der Waals surface area contributed by atoms with Gasteiger partial charge >= 0.3 is 0 Å². The van der Waals surface area contributed by atoms with E-state index in [1.807, 2.05) is 60.7 Å². The molecule has 0 aliphatic heterocycles. The maximum Gasteiger partial charge on any atom is 0.273 e. The van der Waals surface area contributed by atoms with Crippen LogP contribution in [0, 0.1) is 0 Å². The largest absolute Gasteiger partial charge is 0.497 e. The highest BCUT2D eigenvalue weighted by Crippen LogP contribution is 2.39. The van der Waals surface area contributed by atoms with E-state index in [0.29, 0.717) is 58.0 Å². The third-order valence-corrected chi connectivity index (χ3v) is 8.85. The van der Waals surface area contributed by atoms with E-state index in [4.69, 9.17) is 19.9 Å². The molecule has 21 nitrogen and oxygen atoms in total. The van der Waals surface area contributed by atoms with Gasteiger partial charge in [-0.05, 0) is 42.0 Å². The average Bonchev–Trinajstić information content (AvgIpc) is 3.93. The second-order valence-corrected chi connectivity index (χ2v) is 12.8. The first-order chi connectivity index (χ1) is 29.5. The van der Waals surface area contributed by atoms with Crippen LogP contribution >= 0.6 is 0 Å². The van der Waals surface area contributed by atoms with E-state index in [1.165, 1.54) is 22.7 Å². The van der Waals surface area contributed by atoms with Gasteiger partial charge in [-0.25, -0.2) is 0 Å². The van der Waals surface area contributed by atoms with Gasteiger partial charge in [0.15, 0.2) is 28.7 Å². The Labute approximate surface area is 350 Å². The fraction of sp³-hybridized carbons (Fsp3) is 0.200. The zero-order valence-electron chi connectivity index (χ0n) is 34.4. The molecular formula is C40H44N16O5. The monoisotopic (exact) mass is 828 g/mol. The van der Waals surface area contributed by atoms with E-state index in [9.17, 15) is 9.59 Å². The van der Waals surface area contributed by atoms with Gasteiger partial charge < -0.3 is 46.5 Å². The number of hydrogen-bond acceptors (Lipinski definition) is 17. The van der Waals surface area contributed by atoms with Crippen LogP contribution in [0.15, 0.2) is 85.2 Å². The Balaban J connectivity index is 0.000000213. The molecule has 2 amide bonds. The summed E-state index contributed by atoms with van der Waals surface area (Å²) in [6.07, 6.45) is 3.30. The minimum Gasteiger partial charge on any atom is -0.497 e. The zero-order valence-corrected chi connectivity index (χ0v) is 34.4. The normalized spacial score (nSPS) is 10.5. The molecule has 0 atom stereocenters. The first-order valence-corrected chi connectivity index (χ1v) is 18.5. The lowest BCUT2D eigenvalue weighted by Gasteiger charge is -2.16. The van der Waals surface area contributed by atoms with Crippen LogP contribution in [-0.2, 0) is 20.6 Å². The van der Waals surface area contributed by atoms with Gasteiger partial charge in [0, 0.05) is 58.0 Å². The minimum absolute atomic E-state index is 0.119. The average molecular weight is 829 g/mol. The highest BCUT2D eigenvalue weighted by Gasteiger charge is 2.20. The molecule has 21 heteroatoms. The number of amides is 2. The summed E-state index contributed by atoms with van der Waals surface area (Å²) in [4.78, 5) is 27.5. The lowest BCUT2D eigenvalue weighted by Crippen LogP contribution is -2.21. The number of hydrogen-bond donors (Lipinski definition) is 6. The van der Waals surface area contributed by atoms with Gasteiger partial charge in [0.25, 0.3) is 11.8 Å². The van der Waals surface area contributed by atoms with Crippen molar-refractivity contribution in [2.45, 2.75) is 6.54 Å². The third kappa shape index (κ3) is 10.0. The predicted molar refractivity (Wildman–Crippen MR) is 228 cm³/mol. The number of ether oxygens (including phenoxy) is 3. The number of nitrogen functional groups attached to an aromatic ring is 1. The Morgan fingerprint density at radius 2 is 1.15 bits per heavy atom. The van der Waals surface area contributed by atoms with Gasteiger partial charge in [0.05, 0.1) is 56.5 Å². The zero-order chi connectivity index (χ0) is 43.5. The molecule has 0 spiro atoms. The Hall–Kier alpha value is -8.36. The van der Waals surface area contributed by atoms with Crippen molar-refractivity contribution < 1.29 is 23.8 Å². The highest BCUT2D eigenvalue weighted by molar-refractivity contribution is 5.99. The summed E-state index contributed by atoms with van der Waals surface area (Å²) in [5, 5.41) is 47.6. The molecule has 4 aromatic heterocycles. The van der Waals surface area contributed by atoms with Crippen LogP contribution in [0.4, 0.5) is 34.4 Å². The SMILES string of the molecule is CNC(=O)c1nnc(N)cc1Nc1cccc(-c2cnn(C)n2)c1OC.CNC(=O)c1nnc(NCc2ccc(OC)cc2)cc1Nc1cccc(-c2cnn(C)n2)c1OC. The molecule has 0 fully saturated rings. The van der Waals surface area contributed by atoms with E-state index in [-0.39, 0.29) is 29.0 Å². The van der Waals surface area contributed by atoms with Crippen molar-refractivity contribution >= 4 is 46.2 Å². The van der Waals surface area contributed by atoms with Gasteiger partial charge in [-0.2, -0.15) is 30.0 Å². The lowest BCUT2D eigenvalue weighted by molar-refractivity contribution is 0.0950. The molecule has 4 heterocycles. The molecule has 61 heavy (non-hydrogen) atoms. The number of methoxy groups -OCH3 is 3. The molecule has 3 aromatic carbocycles. The van der Waals surface area contributed by atoms with Crippen molar-refractivity contribution in [3.8, 4) is 39.8 Å². The van der Waals surface area contributed by atoms with Gasteiger partial charge in [0.1, 0.15) is 23.0 Å². The van der Waals surface area contributed by atoms with E-state index < -0.39 is 0 Å². The quantitative estimate of drug-likeness (QED) is 0.0906. The van der Waals surface area contributed by atoms with Crippen LogP contribution in [0.1, 0.15) is 26.5 Å². The summed E-state index contributed by atoms with van der Waals surface area (Å²) < 4.78 is 16.5. The molecule has 7 rings (SSSR count). The molecular weight excluding hydrogens is 785 g/mol. The Bertz CT molecular complexity index is 2630. The Kier molecular flexibility index (Phi) is 13.4.